The molecule has 0 aromatic carbocycles. The van der Waals surface area contributed by atoms with Crippen LogP contribution in [0.3, 0.4) is 0 Å². The lowest BCUT2D eigenvalue weighted by Crippen LogP contribution is -2.60. The van der Waals surface area contributed by atoms with Gasteiger partial charge in [0.1, 0.15) is 30.2 Å². The van der Waals surface area contributed by atoms with Gasteiger partial charge in [0.25, 0.3) is 0 Å². The van der Waals surface area contributed by atoms with Crippen LogP contribution in [0, 0.1) is 17.8 Å². The van der Waals surface area contributed by atoms with Crippen molar-refractivity contribution >= 4 is 53.2 Å². The zero-order valence-corrected chi connectivity index (χ0v) is 34.2. The maximum absolute atomic E-state index is 14.0. The zero-order chi connectivity index (χ0) is 41.4. The first kappa shape index (κ1) is 50.6. The predicted molar refractivity (Wildman–Crippen MR) is 210 cm³/mol. The van der Waals surface area contributed by atoms with Crippen LogP contribution in [0.1, 0.15) is 119 Å². The molecule has 0 heterocycles. The summed E-state index contributed by atoms with van der Waals surface area (Å²) in [6, 6.07) is -6.63. The molecule has 0 fully saturated rings. The second-order valence-corrected chi connectivity index (χ2v) is 15.9. The van der Waals surface area contributed by atoms with Crippen LogP contribution in [-0.4, -0.2) is 106 Å². The fourth-order valence-electron chi connectivity index (χ4n) is 5.58. The highest BCUT2D eigenvalue weighted by molar-refractivity contribution is 7.98. The molecule has 7 unspecified atom stereocenters. The van der Waals surface area contributed by atoms with Crippen molar-refractivity contribution in [3.05, 3.63) is 0 Å². The third-order valence-electron chi connectivity index (χ3n) is 9.10. The van der Waals surface area contributed by atoms with Crippen molar-refractivity contribution in [2.75, 3.05) is 18.6 Å². The molecule has 0 rings (SSSR count). The number of unbranched alkanes of at least 4 members (excludes halogenated alkanes) is 2. The summed E-state index contributed by atoms with van der Waals surface area (Å²) in [5.41, 5.74) is 11.6. The van der Waals surface area contributed by atoms with Gasteiger partial charge in [0, 0.05) is 6.42 Å². The number of aliphatic carboxylic acids is 2. The van der Waals surface area contributed by atoms with Gasteiger partial charge >= 0.3 is 11.9 Å². The van der Waals surface area contributed by atoms with E-state index in [-0.39, 0.29) is 50.4 Å². The molecule has 312 valence electrons. The summed E-state index contributed by atoms with van der Waals surface area (Å²) in [6.45, 7) is 11.8. The number of hydrogen-bond acceptors (Lipinski definition) is 10. The van der Waals surface area contributed by atoms with Gasteiger partial charge in [0.15, 0.2) is 0 Å². The molecule has 16 nitrogen and oxygen atoms in total. The van der Waals surface area contributed by atoms with E-state index in [9.17, 15) is 38.7 Å². The summed E-state index contributed by atoms with van der Waals surface area (Å²) in [5, 5.41) is 32.1. The molecular weight excluding hydrogens is 719 g/mol. The maximum Gasteiger partial charge on any atom is 0.326 e. The molecule has 0 aliphatic heterocycles. The molecule has 0 radical (unpaired) electrons. The lowest BCUT2D eigenvalue weighted by Gasteiger charge is -2.29. The fraction of sp³-hybridized carbons (Fsp3) is 0.811. The van der Waals surface area contributed by atoms with Crippen LogP contribution in [0.2, 0.25) is 0 Å². The Balaban J connectivity index is 6.34. The van der Waals surface area contributed by atoms with Crippen molar-refractivity contribution in [3.8, 4) is 0 Å². The Morgan fingerprint density at radius 2 is 1.11 bits per heavy atom. The Kier molecular flexibility index (Phi) is 26.3. The fourth-order valence-corrected chi connectivity index (χ4v) is 6.05. The summed E-state index contributed by atoms with van der Waals surface area (Å²) >= 11 is 1.44. The second kappa shape index (κ2) is 28.0. The average molecular weight is 788 g/mol. The third kappa shape index (κ3) is 21.4. The Hall–Kier alpha value is -3.44. The van der Waals surface area contributed by atoms with Crippen molar-refractivity contribution in [2.24, 2.45) is 29.2 Å². The van der Waals surface area contributed by atoms with E-state index in [1.54, 1.807) is 6.92 Å². The highest BCUT2D eigenvalue weighted by Crippen LogP contribution is 2.14. The van der Waals surface area contributed by atoms with E-state index in [1.807, 2.05) is 27.0 Å². The van der Waals surface area contributed by atoms with Gasteiger partial charge in [-0.2, -0.15) is 11.8 Å². The molecule has 5 amide bonds. The topological polar surface area (TPSA) is 272 Å². The Morgan fingerprint density at radius 1 is 0.611 bits per heavy atom. The summed E-state index contributed by atoms with van der Waals surface area (Å²) in [4.78, 5) is 90.6. The summed E-state index contributed by atoms with van der Waals surface area (Å²) in [5.74, 6) is -5.00. The highest BCUT2D eigenvalue weighted by Gasteiger charge is 2.34. The molecule has 17 heteroatoms. The first-order chi connectivity index (χ1) is 25.4. The van der Waals surface area contributed by atoms with Gasteiger partial charge in [-0.05, 0) is 81.3 Å². The van der Waals surface area contributed by atoms with E-state index in [0.717, 1.165) is 12.8 Å². The lowest BCUT2D eigenvalue weighted by atomic mass is 9.96. The van der Waals surface area contributed by atoms with E-state index in [1.165, 1.54) is 11.8 Å². The van der Waals surface area contributed by atoms with Crippen LogP contribution in [-0.2, 0) is 33.6 Å². The molecular formula is C37H69N7O9S. The molecule has 54 heavy (non-hydrogen) atoms. The largest absolute Gasteiger partial charge is 0.481 e. The van der Waals surface area contributed by atoms with Crippen LogP contribution in [0.4, 0.5) is 0 Å². The summed E-state index contributed by atoms with van der Waals surface area (Å²) in [6.07, 6.45) is 6.01. The number of thioether (sulfide) groups is 1. The molecule has 0 spiro atoms. The molecule has 0 saturated heterocycles. The predicted octanol–water partition coefficient (Wildman–Crippen LogP) is 1.88. The number of nitrogens with one attached hydrogen (secondary N) is 5. The normalized spacial score (nSPS) is 15.2. The Labute approximate surface area is 325 Å². The molecule has 11 N–H and O–H groups in total. The molecule has 0 aliphatic rings. The Bertz CT molecular complexity index is 1190. The van der Waals surface area contributed by atoms with E-state index in [0.29, 0.717) is 43.9 Å². The lowest BCUT2D eigenvalue weighted by molar-refractivity contribution is -0.142. The van der Waals surface area contributed by atoms with Crippen LogP contribution >= 0.6 is 11.8 Å². The Morgan fingerprint density at radius 3 is 1.59 bits per heavy atom. The van der Waals surface area contributed by atoms with E-state index < -0.39 is 77.7 Å². The van der Waals surface area contributed by atoms with Crippen molar-refractivity contribution in [1.82, 2.24) is 26.6 Å². The molecule has 7 atom stereocenters. The highest BCUT2D eigenvalue weighted by atomic mass is 32.2. The number of carboxylic acid groups (broad SMARTS) is 2. The van der Waals surface area contributed by atoms with Crippen LogP contribution < -0.4 is 38.1 Å². The smallest absolute Gasteiger partial charge is 0.326 e. The van der Waals surface area contributed by atoms with Crippen LogP contribution in [0.5, 0.6) is 0 Å². The van der Waals surface area contributed by atoms with Gasteiger partial charge in [0.05, 0.1) is 6.04 Å². The number of carboxylic acids is 2. The van der Waals surface area contributed by atoms with E-state index >= 15 is 0 Å². The monoisotopic (exact) mass is 787 g/mol. The zero-order valence-electron chi connectivity index (χ0n) is 33.4. The molecule has 0 aromatic rings. The minimum absolute atomic E-state index is 0.0445. The van der Waals surface area contributed by atoms with E-state index in [4.69, 9.17) is 16.6 Å². The molecule has 0 saturated carbocycles. The number of amides is 5. The molecule has 0 aromatic heterocycles. The quantitative estimate of drug-likeness (QED) is 0.0473. The van der Waals surface area contributed by atoms with Gasteiger partial charge in [-0.3, -0.25) is 28.8 Å². The van der Waals surface area contributed by atoms with Crippen molar-refractivity contribution in [2.45, 2.75) is 155 Å². The third-order valence-corrected chi connectivity index (χ3v) is 9.75. The van der Waals surface area contributed by atoms with Gasteiger partial charge in [-0.1, -0.05) is 67.2 Å². The molecule has 0 bridgehead atoms. The number of nitrogens with two attached hydrogens (primary N) is 2. The van der Waals surface area contributed by atoms with Gasteiger partial charge < -0.3 is 48.3 Å². The SMILES string of the molecule is CCC(C)C(NC(=O)C(N)CCC(=O)O)C(=O)NC(CCCCC(C)C)C(=O)NC(CCCCN)C(=O)NC(CC(C)C)C(=O)NC(CCSC)C(=O)O. The van der Waals surface area contributed by atoms with Crippen LogP contribution in [0.25, 0.3) is 0 Å². The van der Waals surface area contributed by atoms with Gasteiger partial charge in [-0.15, -0.1) is 0 Å². The van der Waals surface area contributed by atoms with Gasteiger partial charge in [-0.25, -0.2) is 4.79 Å². The first-order valence-electron chi connectivity index (χ1n) is 19.3. The summed E-state index contributed by atoms with van der Waals surface area (Å²) in [7, 11) is 0. The minimum atomic E-state index is -1.18. The van der Waals surface area contributed by atoms with Crippen molar-refractivity contribution in [3.63, 3.8) is 0 Å². The standard InChI is InChI=1S/C37H69N7O9S/c1-8-24(6)31(44-32(47)25(39)16-17-30(45)46)36(51)41-27(14-10-9-13-22(2)3)33(48)40-26(15-11-12-19-38)34(49)43-29(21-23(4)5)35(50)42-28(37(52)53)18-20-54-7/h22-29,31H,8-21,38-39H2,1-7H3,(H,40,48)(H,41,51)(H,42,50)(H,43,49)(H,44,47)(H,45,46)(H,52,53). The molecule has 0 aliphatic carbocycles. The van der Waals surface area contributed by atoms with Crippen molar-refractivity contribution < 1.29 is 43.8 Å². The van der Waals surface area contributed by atoms with Crippen molar-refractivity contribution in [1.29, 1.82) is 0 Å². The average Bonchev–Trinajstić information content (AvgIpc) is 3.10. The maximum atomic E-state index is 14.0. The number of carbonyl (C=O) groups is 7. The second-order valence-electron chi connectivity index (χ2n) is 14.9. The minimum Gasteiger partial charge on any atom is -0.481 e. The van der Waals surface area contributed by atoms with Crippen LogP contribution in [0.15, 0.2) is 0 Å². The number of rotatable bonds is 30. The first-order valence-corrected chi connectivity index (χ1v) is 20.7. The number of carbonyl (C=O) groups excluding carboxylic acids is 5. The summed E-state index contributed by atoms with van der Waals surface area (Å²) < 4.78 is 0. The number of hydrogen-bond donors (Lipinski definition) is 9. The van der Waals surface area contributed by atoms with E-state index in [2.05, 4.69) is 40.4 Å². The van der Waals surface area contributed by atoms with Gasteiger partial charge in [0.2, 0.25) is 29.5 Å².